The van der Waals surface area contributed by atoms with Crippen molar-refractivity contribution in [1.82, 2.24) is 15.1 Å². The molecule has 2 N–H and O–H groups in total. The van der Waals surface area contributed by atoms with E-state index in [9.17, 15) is 4.79 Å². The number of anilines is 1. The number of nitrogens with one attached hydrogen (secondary N) is 2. The third-order valence-corrected chi connectivity index (χ3v) is 3.25. The van der Waals surface area contributed by atoms with E-state index >= 15 is 0 Å². The van der Waals surface area contributed by atoms with Crippen LogP contribution in [0.1, 0.15) is 25.5 Å². The lowest BCUT2D eigenvalue weighted by Crippen LogP contribution is -2.40. The van der Waals surface area contributed by atoms with Crippen LogP contribution in [0, 0.1) is 12.8 Å². The third kappa shape index (κ3) is 2.85. The minimum Gasteiger partial charge on any atom is -0.314 e. The van der Waals surface area contributed by atoms with Crippen LogP contribution in [0.15, 0.2) is 6.07 Å². The van der Waals surface area contributed by atoms with Crippen molar-refractivity contribution in [3.05, 3.63) is 11.8 Å². The van der Waals surface area contributed by atoms with Crippen LogP contribution in [-0.4, -0.2) is 28.3 Å². The van der Waals surface area contributed by atoms with Crippen LogP contribution in [0.3, 0.4) is 0 Å². The Labute approximate surface area is 102 Å². The second-order valence-electron chi connectivity index (χ2n) is 4.86. The van der Waals surface area contributed by atoms with Crippen molar-refractivity contribution in [1.29, 1.82) is 0 Å². The van der Waals surface area contributed by atoms with E-state index in [0.717, 1.165) is 30.9 Å². The van der Waals surface area contributed by atoms with Crippen LogP contribution in [-0.2, 0) is 11.8 Å². The van der Waals surface area contributed by atoms with Gasteiger partial charge in [-0.1, -0.05) is 0 Å². The maximum atomic E-state index is 12.1. The Hall–Kier alpha value is -1.36. The van der Waals surface area contributed by atoms with Crippen LogP contribution < -0.4 is 10.6 Å². The molecule has 1 fully saturated rings. The molecule has 1 aromatic heterocycles. The smallest absolute Gasteiger partial charge is 0.228 e. The average Bonchev–Trinajstić information content (AvgIpc) is 2.57. The predicted molar refractivity (Wildman–Crippen MR) is 66.8 cm³/mol. The summed E-state index contributed by atoms with van der Waals surface area (Å²) in [5.74, 6) is 1.00. The van der Waals surface area contributed by atoms with Gasteiger partial charge in [-0.05, 0) is 33.2 Å². The van der Waals surface area contributed by atoms with E-state index in [4.69, 9.17) is 0 Å². The van der Waals surface area contributed by atoms with E-state index in [0.29, 0.717) is 6.04 Å². The summed E-state index contributed by atoms with van der Waals surface area (Å²) in [6, 6.07) is 2.32. The van der Waals surface area contributed by atoms with Gasteiger partial charge in [0.25, 0.3) is 0 Å². The number of rotatable bonds is 2. The first-order chi connectivity index (χ1) is 8.06. The molecule has 5 heteroatoms. The van der Waals surface area contributed by atoms with Crippen molar-refractivity contribution in [3.8, 4) is 0 Å². The van der Waals surface area contributed by atoms with Gasteiger partial charge in [-0.15, -0.1) is 0 Å². The Bertz CT molecular complexity index is 413. The third-order valence-electron chi connectivity index (χ3n) is 3.25. The van der Waals surface area contributed by atoms with Crippen molar-refractivity contribution in [3.63, 3.8) is 0 Å². The number of piperidine rings is 1. The highest BCUT2D eigenvalue weighted by atomic mass is 16.2. The van der Waals surface area contributed by atoms with E-state index in [1.54, 1.807) is 4.68 Å². The second-order valence-corrected chi connectivity index (χ2v) is 4.86. The maximum absolute atomic E-state index is 12.1. The molecule has 1 aromatic rings. The van der Waals surface area contributed by atoms with Gasteiger partial charge in [0.1, 0.15) is 5.82 Å². The molecule has 0 spiro atoms. The van der Waals surface area contributed by atoms with Gasteiger partial charge in [-0.2, -0.15) is 5.10 Å². The molecule has 0 radical (unpaired) electrons. The number of carbonyl (C=O) groups excluding carboxylic acids is 1. The van der Waals surface area contributed by atoms with Gasteiger partial charge in [0, 0.05) is 25.1 Å². The molecule has 2 rings (SSSR count). The lowest BCUT2D eigenvalue weighted by atomic mass is 9.92. The Morgan fingerprint density at radius 2 is 2.41 bits per heavy atom. The molecule has 1 saturated heterocycles. The fourth-order valence-corrected chi connectivity index (χ4v) is 2.33. The van der Waals surface area contributed by atoms with Crippen molar-refractivity contribution < 1.29 is 4.79 Å². The van der Waals surface area contributed by atoms with Crippen LogP contribution in [0.25, 0.3) is 0 Å². The Morgan fingerprint density at radius 1 is 1.65 bits per heavy atom. The highest BCUT2D eigenvalue weighted by Crippen LogP contribution is 2.18. The van der Waals surface area contributed by atoms with Crippen molar-refractivity contribution in [2.75, 3.05) is 11.9 Å². The normalized spacial score (nSPS) is 24.6. The summed E-state index contributed by atoms with van der Waals surface area (Å²) in [6.07, 6.45) is 1.82. The lowest BCUT2D eigenvalue weighted by Gasteiger charge is -2.26. The molecular formula is C12H20N4O. The zero-order valence-electron chi connectivity index (χ0n) is 10.7. The van der Waals surface area contributed by atoms with E-state index < -0.39 is 0 Å². The molecule has 0 aromatic carbocycles. The summed E-state index contributed by atoms with van der Waals surface area (Å²) >= 11 is 0. The van der Waals surface area contributed by atoms with E-state index in [2.05, 4.69) is 22.7 Å². The van der Waals surface area contributed by atoms with E-state index in [1.165, 1.54) is 0 Å². The number of hydrogen-bond donors (Lipinski definition) is 2. The fourth-order valence-electron chi connectivity index (χ4n) is 2.33. The van der Waals surface area contributed by atoms with Gasteiger partial charge in [0.15, 0.2) is 0 Å². The Morgan fingerprint density at radius 3 is 3.00 bits per heavy atom. The summed E-state index contributed by atoms with van der Waals surface area (Å²) in [5.41, 5.74) is 0.918. The minimum absolute atomic E-state index is 0.112. The van der Waals surface area contributed by atoms with Crippen LogP contribution in [0.2, 0.25) is 0 Å². The highest BCUT2D eigenvalue weighted by molar-refractivity contribution is 5.91. The summed E-state index contributed by atoms with van der Waals surface area (Å²) in [5, 5.41) is 10.5. The summed E-state index contributed by atoms with van der Waals surface area (Å²) in [6.45, 7) is 4.96. The first-order valence-electron chi connectivity index (χ1n) is 6.11. The first kappa shape index (κ1) is 12.1. The van der Waals surface area contributed by atoms with Crippen molar-refractivity contribution in [2.45, 2.75) is 32.7 Å². The van der Waals surface area contributed by atoms with Crippen molar-refractivity contribution in [2.24, 2.45) is 13.0 Å². The van der Waals surface area contributed by atoms with Crippen LogP contribution in [0.5, 0.6) is 0 Å². The molecule has 2 heterocycles. The molecule has 1 aliphatic rings. The lowest BCUT2D eigenvalue weighted by molar-refractivity contribution is -0.120. The van der Waals surface area contributed by atoms with Gasteiger partial charge in [0.2, 0.25) is 5.91 Å². The van der Waals surface area contributed by atoms with Gasteiger partial charge in [-0.3, -0.25) is 9.48 Å². The number of hydrogen-bond acceptors (Lipinski definition) is 3. The van der Waals surface area contributed by atoms with Gasteiger partial charge < -0.3 is 10.6 Å². The Balaban J connectivity index is 1.99. The second kappa shape index (κ2) is 4.87. The molecule has 1 amide bonds. The summed E-state index contributed by atoms with van der Waals surface area (Å²) in [7, 11) is 1.84. The predicted octanol–water partition coefficient (Wildman–Crippen LogP) is 1.06. The standard InChI is InChI=1S/C12H20N4O/c1-8-6-10(4-5-13-8)12(17)14-11-7-9(2)15-16(11)3/h7-8,10,13H,4-6H2,1-3H3,(H,14,17). The molecule has 2 unspecified atom stereocenters. The quantitative estimate of drug-likeness (QED) is 0.807. The minimum atomic E-state index is 0.112. The van der Waals surface area contributed by atoms with Gasteiger partial charge in [0.05, 0.1) is 5.69 Å². The largest absolute Gasteiger partial charge is 0.314 e. The summed E-state index contributed by atoms with van der Waals surface area (Å²) in [4.78, 5) is 12.1. The zero-order chi connectivity index (χ0) is 12.4. The zero-order valence-corrected chi connectivity index (χ0v) is 10.7. The maximum Gasteiger partial charge on any atom is 0.228 e. The van der Waals surface area contributed by atoms with Crippen LogP contribution >= 0.6 is 0 Å². The van der Waals surface area contributed by atoms with E-state index in [-0.39, 0.29) is 11.8 Å². The highest BCUT2D eigenvalue weighted by Gasteiger charge is 2.25. The molecule has 5 nitrogen and oxygen atoms in total. The van der Waals surface area contributed by atoms with Crippen LogP contribution in [0.4, 0.5) is 5.82 Å². The molecule has 2 atom stereocenters. The Kier molecular flexibility index (Phi) is 3.47. The molecule has 0 saturated carbocycles. The number of carbonyl (C=O) groups is 1. The summed E-state index contributed by atoms with van der Waals surface area (Å²) < 4.78 is 1.71. The molecule has 0 aliphatic carbocycles. The first-order valence-corrected chi connectivity index (χ1v) is 6.11. The number of amides is 1. The number of aromatic nitrogens is 2. The number of aryl methyl sites for hydroxylation is 2. The van der Waals surface area contributed by atoms with Gasteiger partial charge >= 0.3 is 0 Å². The molecular weight excluding hydrogens is 216 g/mol. The fraction of sp³-hybridized carbons (Fsp3) is 0.667. The molecule has 94 valence electrons. The average molecular weight is 236 g/mol. The molecule has 1 aliphatic heterocycles. The molecule has 0 bridgehead atoms. The SMILES string of the molecule is Cc1cc(NC(=O)C2CCNC(C)C2)n(C)n1. The van der Waals surface area contributed by atoms with E-state index in [1.807, 2.05) is 20.0 Å². The number of nitrogens with zero attached hydrogens (tertiary/aromatic N) is 2. The van der Waals surface area contributed by atoms with Crippen molar-refractivity contribution >= 4 is 11.7 Å². The molecule has 17 heavy (non-hydrogen) atoms. The topological polar surface area (TPSA) is 59.0 Å². The van der Waals surface area contributed by atoms with Gasteiger partial charge in [-0.25, -0.2) is 0 Å². The monoisotopic (exact) mass is 236 g/mol.